The Kier molecular flexibility index (Phi) is 27.4. The first-order valence-electron chi connectivity index (χ1n) is 46.7. The van der Waals surface area contributed by atoms with Crippen LogP contribution in [0.5, 0.6) is 0 Å². The number of hydrogen-bond donors (Lipinski definition) is 0. The second-order valence-corrected chi connectivity index (χ2v) is 34.1. The Bertz CT molecular complexity index is 6810. The minimum atomic E-state index is 0. The predicted molar refractivity (Wildman–Crippen MR) is 587 cm³/mol. The van der Waals surface area contributed by atoms with Crippen LogP contribution in [0.4, 0.5) is 136 Å². The molecule has 0 unspecified atom stereocenters. The van der Waals surface area contributed by atoms with Crippen molar-refractivity contribution in [3.63, 3.8) is 0 Å². The summed E-state index contributed by atoms with van der Waals surface area (Å²) in [5, 5.41) is 0. The van der Waals surface area contributed by atoms with Crippen LogP contribution in [0.2, 0.25) is 0 Å². The monoisotopic (exact) mass is 1770 g/mol. The van der Waals surface area contributed by atoms with E-state index in [0.29, 0.717) is 0 Å². The number of para-hydroxylation sites is 9. The zero-order chi connectivity index (χ0) is 92.4. The lowest BCUT2D eigenvalue weighted by molar-refractivity contribution is 1.23. The van der Waals surface area contributed by atoms with Crippen molar-refractivity contribution in [2.45, 2.75) is 20.8 Å². The summed E-state index contributed by atoms with van der Waals surface area (Å²) in [5.74, 6) is 0. The van der Waals surface area contributed by atoms with E-state index in [2.05, 4.69) is 624 Å². The zero-order valence-corrected chi connectivity index (χ0v) is 77.3. The molecule has 3 radical (unpaired) electrons. The molecule has 21 rings (SSSR count). The van der Waals surface area contributed by atoms with Gasteiger partial charge in [0.1, 0.15) is 0 Å². The molecule has 0 saturated heterocycles. The van der Waals surface area contributed by atoms with Crippen LogP contribution in [0, 0.1) is 20.8 Å². The van der Waals surface area contributed by atoms with Gasteiger partial charge in [0.25, 0.3) is 0 Å². The van der Waals surface area contributed by atoms with Crippen molar-refractivity contribution in [3.8, 4) is 33.4 Å². The molecule has 0 saturated carbocycles. The maximum Gasteiger partial charge on any atom is 0.0464 e. The van der Waals surface area contributed by atoms with Gasteiger partial charge in [-0.3, -0.25) is 0 Å². The first-order valence-corrected chi connectivity index (χ1v) is 46.7. The number of anilines is 24. The summed E-state index contributed by atoms with van der Waals surface area (Å²) in [6, 6.07) is 201. The molecule has 0 heterocycles. The third-order valence-electron chi connectivity index (χ3n) is 24.8. The Balaban J connectivity index is 0.000000179. The standard InChI is InChI=1S/C72H54N4.C57H48N4.B/c1-7-19-61(20-8-1)73(62-21-9-2-10-22-62)67-43-31-55(32-44-67)57-35-47-69(48-36-57)75(65-27-15-5-16-28-65)71-51-39-59(40-52-71)60-41-53-72(54-42-60)76(66-29-17-6-18-30-66)70-49-37-58(38-50-70)56-33-45-68(46-34-56)74(63-23-11-3-12-24-63)64-25-13-4-14-26-64;1-43-16-13-25-55(40-43)59(46-19-7-4-8-20-46)52-34-28-49(29-35-52)58(50-30-36-53(37-31-50)60(47-21-9-5-10-22-47)56-26-14-17-44(2)41-56)51-32-38-54(39-33-51)61(48-23-11-6-12-24-48)57-27-15-18-45(3)42-57;/h1-54H;4-42H,1-3H3;. The third-order valence-corrected chi connectivity index (χ3v) is 24.8. The molecule has 0 bridgehead atoms. The van der Waals surface area contributed by atoms with Crippen molar-refractivity contribution in [2.24, 2.45) is 0 Å². The summed E-state index contributed by atoms with van der Waals surface area (Å²) in [6.45, 7) is 6.43. The second-order valence-electron chi connectivity index (χ2n) is 34.1. The van der Waals surface area contributed by atoms with Gasteiger partial charge in [-0.25, -0.2) is 0 Å². The van der Waals surface area contributed by atoms with Crippen molar-refractivity contribution in [1.29, 1.82) is 0 Å². The van der Waals surface area contributed by atoms with E-state index >= 15 is 0 Å². The lowest BCUT2D eigenvalue weighted by Gasteiger charge is -2.30. The second kappa shape index (κ2) is 42.3. The molecule has 0 aromatic heterocycles. The van der Waals surface area contributed by atoms with Crippen LogP contribution in [0.15, 0.2) is 564 Å². The lowest BCUT2D eigenvalue weighted by Crippen LogP contribution is -2.14. The maximum atomic E-state index is 2.34. The molecule has 0 spiro atoms. The molecule has 661 valence electrons. The van der Waals surface area contributed by atoms with Gasteiger partial charge in [0.15, 0.2) is 0 Å². The molecular weight excluding hydrogens is 1670 g/mol. The Labute approximate surface area is 813 Å². The fourth-order valence-corrected chi connectivity index (χ4v) is 18.1. The number of rotatable bonds is 27. The topological polar surface area (TPSA) is 25.9 Å². The van der Waals surface area contributed by atoms with E-state index < -0.39 is 0 Å². The Morgan fingerprint density at radius 1 is 0.0942 bits per heavy atom. The molecule has 0 aliphatic rings. The van der Waals surface area contributed by atoms with E-state index in [9.17, 15) is 0 Å². The van der Waals surface area contributed by atoms with E-state index in [4.69, 9.17) is 0 Å². The number of nitrogens with zero attached hydrogens (tertiary/aromatic N) is 8. The normalized spacial score (nSPS) is 10.8. The van der Waals surface area contributed by atoms with Crippen molar-refractivity contribution in [3.05, 3.63) is 581 Å². The summed E-state index contributed by atoms with van der Waals surface area (Å²) in [6.07, 6.45) is 0. The molecule has 0 atom stereocenters. The van der Waals surface area contributed by atoms with E-state index in [1.807, 2.05) is 0 Å². The minimum Gasteiger partial charge on any atom is -0.311 e. The van der Waals surface area contributed by atoms with Gasteiger partial charge in [-0.05, 0) is 362 Å². The van der Waals surface area contributed by atoms with Crippen LogP contribution >= 0.6 is 0 Å². The van der Waals surface area contributed by atoms with Crippen LogP contribution in [0.1, 0.15) is 16.7 Å². The largest absolute Gasteiger partial charge is 0.311 e. The van der Waals surface area contributed by atoms with Gasteiger partial charge in [0, 0.05) is 145 Å². The number of aryl methyl sites for hydroxylation is 3. The molecule has 9 heteroatoms. The highest BCUT2D eigenvalue weighted by molar-refractivity contribution is 5.90. The Hall–Kier alpha value is -17.9. The highest BCUT2D eigenvalue weighted by Gasteiger charge is 2.24. The summed E-state index contributed by atoms with van der Waals surface area (Å²) < 4.78 is 0. The van der Waals surface area contributed by atoms with Crippen molar-refractivity contribution in [2.75, 3.05) is 39.2 Å². The van der Waals surface area contributed by atoms with Crippen LogP contribution in [0.3, 0.4) is 0 Å². The van der Waals surface area contributed by atoms with Crippen LogP contribution in [0.25, 0.3) is 33.4 Å². The highest BCUT2D eigenvalue weighted by Crippen LogP contribution is 2.47. The maximum absolute atomic E-state index is 2.34. The molecule has 0 aliphatic carbocycles. The van der Waals surface area contributed by atoms with Gasteiger partial charge in [-0.15, -0.1) is 0 Å². The quantitative estimate of drug-likeness (QED) is 0.0470. The zero-order valence-electron chi connectivity index (χ0n) is 77.3. The average Bonchev–Trinajstić information content (AvgIpc) is 0.814. The van der Waals surface area contributed by atoms with E-state index in [-0.39, 0.29) is 8.41 Å². The Morgan fingerprint density at radius 3 is 0.304 bits per heavy atom. The van der Waals surface area contributed by atoms with E-state index in [1.165, 1.54) is 16.7 Å². The molecule has 0 N–H and O–H groups in total. The summed E-state index contributed by atoms with van der Waals surface area (Å²) in [7, 11) is 0. The van der Waals surface area contributed by atoms with E-state index in [0.717, 1.165) is 170 Å². The van der Waals surface area contributed by atoms with Crippen LogP contribution < -0.4 is 39.2 Å². The van der Waals surface area contributed by atoms with Crippen molar-refractivity contribution in [1.82, 2.24) is 0 Å². The molecule has 0 amide bonds. The molecular formula is C129H102BN8. The van der Waals surface area contributed by atoms with Gasteiger partial charge >= 0.3 is 0 Å². The van der Waals surface area contributed by atoms with Crippen LogP contribution in [-0.4, -0.2) is 8.41 Å². The van der Waals surface area contributed by atoms with Crippen molar-refractivity contribution >= 4 is 145 Å². The van der Waals surface area contributed by atoms with Gasteiger partial charge in [-0.2, -0.15) is 0 Å². The fourth-order valence-electron chi connectivity index (χ4n) is 18.1. The molecule has 21 aromatic carbocycles. The predicted octanol–water partition coefficient (Wildman–Crippen LogP) is 36.7. The van der Waals surface area contributed by atoms with Gasteiger partial charge in [0.05, 0.1) is 0 Å². The van der Waals surface area contributed by atoms with Gasteiger partial charge in [0.2, 0.25) is 0 Å². The molecule has 138 heavy (non-hydrogen) atoms. The lowest BCUT2D eigenvalue weighted by atomic mass is 10.0. The van der Waals surface area contributed by atoms with Gasteiger partial charge < -0.3 is 39.2 Å². The van der Waals surface area contributed by atoms with E-state index in [1.54, 1.807) is 0 Å². The first-order chi connectivity index (χ1) is 67.7. The molecule has 0 aliphatic heterocycles. The minimum absolute atomic E-state index is 0. The average molecular weight is 1780 g/mol. The summed E-state index contributed by atoms with van der Waals surface area (Å²) in [4.78, 5) is 18.5. The third kappa shape index (κ3) is 20.3. The van der Waals surface area contributed by atoms with Crippen LogP contribution in [-0.2, 0) is 0 Å². The van der Waals surface area contributed by atoms with Crippen molar-refractivity contribution < 1.29 is 0 Å². The van der Waals surface area contributed by atoms with Gasteiger partial charge in [-0.1, -0.05) is 273 Å². The molecule has 8 nitrogen and oxygen atoms in total. The number of benzene rings is 21. The molecule has 21 aromatic rings. The first kappa shape index (κ1) is 89.3. The fraction of sp³-hybridized carbons (Fsp3) is 0.0233. The number of hydrogen-bond acceptors (Lipinski definition) is 8. The summed E-state index contributed by atoms with van der Waals surface area (Å²) >= 11 is 0. The summed E-state index contributed by atoms with van der Waals surface area (Å²) in [5.41, 5.74) is 36.9. The molecule has 0 fully saturated rings. The highest BCUT2D eigenvalue weighted by atomic mass is 15.2. The SMILES string of the molecule is Cc1cccc(N(c2ccccc2)c2ccc(N(c3ccc(N(c4ccccc4)c4cccc(C)c4)cc3)c3ccc(N(c4ccccc4)c4cccc(C)c4)cc3)cc2)c1.[B].c1ccc(N(c2ccccc2)c2ccc(-c3ccc(N(c4ccccc4)c4ccc(-c5ccc(N(c6ccccc6)c6ccc(-c7ccc(N(c8ccccc8)c8ccccc8)cc7)cc6)cc5)cc4)cc3)cc2)cc1. The Morgan fingerprint density at radius 2 is 0.188 bits per heavy atom. The smallest absolute Gasteiger partial charge is 0.0464 e.